The normalized spacial score (nSPS) is 13.3. The van der Waals surface area contributed by atoms with Crippen molar-refractivity contribution in [2.45, 2.75) is 71.6 Å². The Labute approximate surface area is 331 Å². The van der Waals surface area contributed by atoms with Crippen LogP contribution in [-0.4, -0.2) is 9.97 Å². The van der Waals surface area contributed by atoms with Gasteiger partial charge in [0.15, 0.2) is 0 Å². The van der Waals surface area contributed by atoms with Gasteiger partial charge in [-0.05, 0) is 101 Å². The number of hydrogen-bond donors (Lipinski definition) is 0. The number of thiophene rings is 1. The Hall–Kier alpha value is -4.47. The molecule has 0 amide bonds. The van der Waals surface area contributed by atoms with Gasteiger partial charge in [-0.3, -0.25) is 0 Å². The maximum atomic E-state index is 4.91. The van der Waals surface area contributed by atoms with Gasteiger partial charge in [0.25, 0.3) is 0 Å². The Bertz CT molecular complexity index is 2580. The quantitative estimate of drug-likeness (QED) is 0.162. The van der Waals surface area contributed by atoms with Crippen molar-refractivity contribution in [3.63, 3.8) is 0 Å². The summed E-state index contributed by atoms with van der Waals surface area (Å²) < 4.78 is 2.59. The van der Waals surface area contributed by atoms with Gasteiger partial charge in [0.05, 0.1) is 0 Å². The van der Waals surface area contributed by atoms with E-state index in [0.717, 1.165) is 22.5 Å². The van der Waals surface area contributed by atoms with Crippen molar-refractivity contribution in [2.75, 3.05) is 0 Å². The molecule has 0 saturated heterocycles. The fraction of sp³-hybridized carbons (Fsp3) is 0.224. The molecular weight excluding hydrogens is 841 g/mol. The van der Waals surface area contributed by atoms with E-state index in [1.54, 1.807) is 0 Å². The second-order valence-electron chi connectivity index (χ2n) is 16.6. The number of aromatic nitrogens is 2. The van der Waals surface area contributed by atoms with Gasteiger partial charge < -0.3 is 9.97 Å². The van der Waals surface area contributed by atoms with E-state index >= 15 is 0 Å². The molecule has 0 N–H and O–H groups in total. The number of hydrogen-bond acceptors (Lipinski definition) is 3. The minimum absolute atomic E-state index is 0. The summed E-state index contributed by atoms with van der Waals surface area (Å²) in [5.74, 6) is 0. The average Bonchev–Trinajstić information content (AvgIpc) is 3.62. The van der Waals surface area contributed by atoms with E-state index in [1.807, 2.05) is 29.8 Å². The first-order chi connectivity index (χ1) is 24.8. The van der Waals surface area contributed by atoms with Crippen LogP contribution in [0.25, 0.3) is 64.6 Å². The third-order valence-corrected chi connectivity index (χ3v) is 11.7. The number of rotatable bonds is 2. The predicted molar refractivity (Wildman–Crippen MR) is 222 cm³/mol. The molecule has 0 spiro atoms. The number of benzene rings is 5. The average molecular weight is 885 g/mol. The van der Waals surface area contributed by atoms with Crippen LogP contribution in [-0.2, 0) is 36.4 Å². The maximum Gasteiger partial charge on any atom is 0.0239 e. The van der Waals surface area contributed by atoms with Crippen LogP contribution in [0, 0.1) is 12.1 Å². The van der Waals surface area contributed by atoms with Crippen LogP contribution in [0.3, 0.4) is 0 Å². The van der Waals surface area contributed by atoms with Crippen molar-refractivity contribution in [1.82, 2.24) is 9.97 Å². The minimum Gasteiger partial charge on any atom is -0.305 e. The molecule has 0 unspecified atom stereocenters. The second kappa shape index (κ2) is 13.7. The van der Waals surface area contributed by atoms with E-state index < -0.39 is 0 Å². The molecule has 1 aliphatic carbocycles. The molecular formula is C49H44IrN2S-2. The molecule has 2 nitrogen and oxygen atoms in total. The van der Waals surface area contributed by atoms with Gasteiger partial charge in [-0.2, -0.15) is 11.3 Å². The van der Waals surface area contributed by atoms with Gasteiger partial charge in [-0.15, -0.1) is 59.2 Å². The summed E-state index contributed by atoms with van der Waals surface area (Å²) >= 11 is 1.83. The number of pyridine rings is 2. The van der Waals surface area contributed by atoms with Gasteiger partial charge in [-0.25, -0.2) is 0 Å². The van der Waals surface area contributed by atoms with E-state index in [-0.39, 0.29) is 36.4 Å². The molecule has 267 valence electrons. The van der Waals surface area contributed by atoms with Crippen LogP contribution in [0.1, 0.15) is 77.6 Å². The molecule has 9 rings (SSSR count). The van der Waals surface area contributed by atoms with Crippen molar-refractivity contribution >= 4 is 42.3 Å². The van der Waals surface area contributed by atoms with Gasteiger partial charge >= 0.3 is 0 Å². The van der Waals surface area contributed by atoms with Crippen LogP contribution >= 0.6 is 11.3 Å². The molecule has 0 atom stereocenters. The van der Waals surface area contributed by atoms with E-state index in [1.165, 1.54) is 64.3 Å². The fourth-order valence-electron chi connectivity index (χ4n) is 7.57. The second-order valence-corrected chi connectivity index (χ2v) is 17.7. The molecule has 1 aliphatic rings. The molecule has 0 bridgehead atoms. The third-order valence-electron chi connectivity index (χ3n) is 10.6. The van der Waals surface area contributed by atoms with Gasteiger partial charge in [0.2, 0.25) is 0 Å². The summed E-state index contributed by atoms with van der Waals surface area (Å²) in [6.07, 6.45) is 3.85. The van der Waals surface area contributed by atoms with E-state index in [2.05, 4.69) is 176 Å². The Morgan fingerprint density at radius 1 is 0.604 bits per heavy atom. The maximum absolute atomic E-state index is 4.91. The Kier molecular flexibility index (Phi) is 9.56. The van der Waals surface area contributed by atoms with E-state index in [9.17, 15) is 0 Å². The zero-order valence-electron chi connectivity index (χ0n) is 31.7. The van der Waals surface area contributed by atoms with Crippen LogP contribution in [0.4, 0.5) is 0 Å². The first-order valence-electron chi connectivity index (χ1n) is 18.1. The number of fused-ring (bicyclic) bond motifs is 7. The summed E-state index contributed by atoms with van der Waals surface area (Å²) in [7, 11) is 0. The predicted octanol–water partition coefficient (Wildman–Crippen LogP) is 13.5. The number of nitrogens with zero attached hydrogens (tertiary/aromatic N) is 2. The summed E-state index contributed by atoms with van der Waals surface area (Å²) in [6.45, 7) is 18.0. The van der Waals surface area contributed by atoms with Crippen LogP contribution in [0.5, 0.6) is 0 Å². The summed E-state index contributed by atoms with van der Waals surface area (Å²) in [4.78, 5) is 9.43. The zero-order chi connectivity index (χ0) is 36.4. The van der Waals surface area contributed by atoms with Gasteiger partial charge in [0, 0.05) is 42.6 Å². The molecule has 8 aromatic rings. The van der Waals surface area contributed by atoms with Gasteiger partial charge in [-0.1, -0.05) is 109 Å². The topological polar surface area (TPSA) is 25.8 Å². The van der Waals surface area contributed by atoms with Crippen molar-refractivity contribution in [3.8, 4) is 33.6 Å². The Morgan fingerprint density at radius 2 is 1.28 bits per heavy atom. The first kappa shape index (κ1) is 36.9. The molecule has 0 fully saturated rings. The van der Waals surface area contributed by atoms with Crippen molar-refractivity contribution in [1.29, 1.82) is 0 Å². The molecule has 5 aromatic carbocycles. The van der Waals surface area contributed by atoms with Crippen LogP contribution in [0.15, 0.2) is 122 Å². The zero-order valence-corrected chi connectivity index (χ0v) is 34.9. The molecule has 1 radical (unpaired) electrons. The smallest absolute Gasteiger partial charge is 0.0239 e. The third kappa shape index (κ3) is 6.78. The molecule has 0 saturated carbocycles. The summed E-state index contributed by atoms with van der Waals surface area (Å²) in [6, 6.07) is 46.1. The monoisotopic (exact) mass is 885 g/mol. The SMILES string of the molecule is CC(C)(C)c1cc[c-]c(-c2cc(C(C)(C)C)ccn2)c1.CC1(C)c2cc3ccccc3cc2-c2ccnc(-c3[c-]cc4sc5ccccc5c4c3)c21.[Ir]. The van der Waals surface area contributed by atoms with Crippen LogP contribution in [0.2, 0.25) is 0 Å². The van der Waals surface area contributed by atoms with Crippen molar-refractivity contribution < 1.29 is 20.1 Å². The standard InChI is InChI=1S/C30H20NS.C19H24N.Ir/c1-30(2)25-17-19-8-4-3-7-18(19)15-23(25)22-13-14-31-29(28(22)30)20-11-12-27-24(16-20)21-9-5-6-10-26(21)32-27;1-18(2,3)15-9-7-8-14(12-15)17-13-16(10-11-20-17)19(4,5)6;/h3-10,12-17H,1-2H3;7,9-13H,1-6H3;/q2*-1;. The molecule has 53 heavy (non-hydrogen) atoms. The van der Waals surface area contributed by atoms with Gasteiger partial charge in [0.1, 0.15) is 0 Å². The van der Waals surface area contributed by atoms with Crippen LogP contribution < -0.4 is 0 Å². The summed E-state index contributed by atoms with van der Waals surface area (Å²) in [5, 5.41) is 5.17. The molecule has 0 aliphatic heterocycles. The molecule has 4 heteroatoms. The molecule has 3 aromatic heterocycles. The summed E-state index contributed by atoms with van der Waals surface area (Å²) in [5.41, 5.74) is 12.3. The van der Waals surface area contributed by atoms with Crippen molar-refractivity contribution in [3.05, 3.63) is 156 Å². The Morgan fingerprint density at radius 3 is 2.04 bits per heavy atom. The minimum atomic E-state index is -0.127. The van der Waals surface area contributed by atoms with E-state index in [4.69, 9.17) is 4.98 Å². The van der Waals surface area contributed by atoms with E-state index in [0.29, 0.717) is 0 Å². The first-order valence-corrected chi connectivity index (χ1v) is 19.0. The van der Waals surface area contributed by atoms with Crippen molar-refractivity contribution in [2.24, 2.45) is 0 Å². The largest absolute Gasteiger partial charge is 0.305 e. The fourth-order valence-corrected chi connectivity index (χ4v) is 8.64. The Balaban J connectivity index is 0.000000180. The molecule has 3 heterocycles.